The standard InChI is InChI=1S/C5H5.5CH3.Mo/c1-2-4-5-3-1;;;;;;/h1-3H,4H2;5*1H3;. The van der Waals surface area contributed by atoms with E-state index < -0.39 is 13.6 Å². The first-order valence-corrected chi connectivity index (χ1v) is 15.0. The Labute approximate surface area is 68.9 Å². The predicted molar refractivity (Wildman–Crippen MR) is 51.2 cm³/mol. The normalized spacial score (nSPS) is 24.3. The van der Waals surface area contributed by atoms with Crippen molar-refractivity contribution in [2.45, 2.75) is 33.0 Å². The van der Waals surface area contributed by atoms with Crippen LogP contribution in [0, 0.1) is 0 Å². The first-order valence-electron chi connectivity index (χ1n) is 3.96. The summed E-state index contributed by atoms with van der Waals surface area (Å²) in [5.41, 5.74) is 0. The molecule has 11 heavy (non-hydrogen) atoms. The van der Waals surface area contributed by atoms with E-state index >= 15 is 0 Å². The molecule has 0 heterocycles. The molecule has 0 nitrogen and oxygen atoms in total. The van der Waals surface area contributed by atoms with Crippen molar-refractivity contribution in [1.82, 2.24) is 0 Å². The maximum atomic E-state index is 2.49. The third-order valence-electron chi connectivity index (χ3n) is 2.05. The molecule has 0 N–H and O–H groups in total. The fraction of sp³-hybridized carbons (Fsp3) is 0.600. The second-order valence-electron chi connectivity index (χ2n) is 6.37. The van der Waals surface area contributed by atoms with Gasteiger partial charge >= 0.3 is 68.7 Å². The fourth-order valence-electron chi connectivity index (χ4n) is 1.18. The Morgan fingerprint density at radius 2 is 1.64 bits per heavy atom. The minimum atomic E-state index is -2.63. The summed E-state index contributed by atoms with van der Waals surface area (Å²) in [6.07, 6.45) is 7.98. The summed E-state index contributed by atoms with van der Waals surface area (Å²) in [6.45, 7) is 0. The molecule has 0 aromatic rings. The molecular formula is C10H20Mo. The van der Waals surface area contributed by atoms with Crippen molar-refractivity contribution in [2.24, 2.45) is 0 Å². The number of hydrogen-bond donors (Lipinski definition) is 0. The van der Waals surface area contributed by atoms with Gasteiger partial charge in [-0.2, -0.15) is 0 Å². The van der Waals surface area contributed by atoms with Gasteiger partial charge in [0.15, 0.2) is 0 Å². The van der Waals surface area contributed by atoms with Crippen LogP contribution >= 0.6 is 0 Å². The molecule has 1 aliphatic rings. The van der Waals surface area contributed by atoms with Crippen molar-refractivity contribution < 1.29 is 13.6 Å². The van der Waals surface area contributed by atoms with Gasteiger partial charge in [-0.25, -0.2) is 0 Å². The molecule has 0 amide bonds. The zero-order chi connectivity index (χ0) is 8.81. The van der Waals surface area contributed by atoms with Gasteiger partial charge in [-0.3, -0.25) is 0 Å². The third-order valence-corrected chi connectivity index (χ3v) is 9.24. The van der Waals surface area contributed by atoms with Crippen LogP contribution in [-0.4, -0.2) is 0 Å². The fourth-order valence-corrected chi connectivity index (χ4v) is 5.33. The van der Waals surface area contributed by atoms with Crippen molar-refractivity contribution in [2.75, 3.05) is 0 Å². The third kappa shape index (κ3) is 2.30. The SMILES string of the molecule is [CH3][Mo]([CH3])([CH3])([CH3])([CH3])[C]1=CC=CC1. The molecule has 0 saturated carbocycles. The van der Waals surface area contributed by atoms with E-state index in [1.165, 1.54) is 6.42 Å². The van der Waals surface area contributed by atoms with Gasteiger partial charge in [0.2, 0.25) is 0 Å². The van der Waals surface area contributed by atoms with Crippen LogP contribution in [0.1, 0.15) is 6.42 Å². The quantitative estimate of drug-likeness (QED) is 0.595. The second-order valence-corrected chi connectivity index (χ2v) is 32.7. The summed E-state index contributed by atoms with van der Waals surface area (Å²) in [7, 11) is 0. The van der Waals surface area contributed by atoms with Gasteiger partial charge in [0, 0.05) is 0 Å². The van der Waals surface area contributed by atoms with E-state index in [9.17, 15) is 0 Å². The molecule has 0 aromatic heterocycles. The molecule has 0 unspecified atom stereocenters. The van der Waals surface area contributed by atoms with Crippen LogP contribution in [0.15, 0.2) is 22.2 Å². The maximum absolute atomic E-state index is 2.63. The van der Waals surface area contributed by atoms with Crippen LogP contribution in [0.4, 0.5) is 0 Å². The van der Waals surface area contributed by atoms with E-state index in [2.05, 4.69) is 44.8 Å². The van der Waals surface area contributed by atoms with Crippen LogP contribution in [0.5, 0.6) is 0 Å². The first kappa shape index (κ1) is 9.26. The van der Waals surface area contributed by atoms with Gasteiger partial charge in [0.25, 0.3) is 0 Å². The molecule has 0 fully saturated rings. The van der Waals surface area contributed by atoms with E-state index in [0.717, 1.165) is 0 Å². The number of rotatable bonds is 1. The summed E-state index contributed by atoms with van der Waals surface area (Å²) in [4.78, 5) is 0. The predicted octanol–water partition coefficient (Wildman–Crippen LogP) is 4.30. The zero-order valence-corrected chi connectivity index (χ0v) is 10.4. The summed E-state index contributed by atoms with van der Waals surface area (Å²) < 4.78 is 1.70. The van der Waals surface area contributed by atoms with Gasteiger partial charge in [-0.15, -0.1) is 0 Å². The minimum absolute atomic E-state index is 1.20. The molecule has 0 atom stereocenters. The Bertz CT molecular complexity index is 232. The Hall–Kier alpha value is 0.168. The van der Waals surface area contributed by atoms with Crippen molar-refractivity contribution in [1.29, 1.82) is 0 Å². The molecule has 0 radical (unpaired) electrons. The van der Waals surface area contributed by atoms with Gasteiger partial charge in [-0.05, 0) is 0 Å². The van der Waals surface area contributed by atoms with Crippen LogP contribution in [0.25, 0.3) is 0 Å². The van der Waals surface area contributed by atoms with E-state index in [4.69, 9.17) is 0 Å². The van der Waals surface area contributed by atoms with E-state index in [1.54, 1.807) is 3.96 Å². The van der Waals surface area contributed by atoms with Gasteiger partial charge < -0.3 is 0 Å². The zero-order valence-electron chi connectivity index (χ0n) is 8.35. The Kier molecular flexibility index (Phi) is 1.46. The molecule has 1 aliphatic carbocycles. The summed E-state index contributed by atoms with van der Waals surface area (Å²) >= 11 is -2.63. The van der Waals surface area contributed by atoms with E-state index in [-0.39, 0.29) is 0 Å². The monoisotopic (exact) mass is 238 g/mol. The van der Waals surface area contributed by atoms with E-state index in [0.29, 0.717) is 0 Å². The average molecular weight is 236 g/mol. The topological polar surface area (TPSA) is 0 Å². The Balaban J connectivity index is 3.11. The van der Waals surface area contributed by atoms with Crippen molar-refractivity contribution in [3.63, 3.8) is 0 Å². The average Bonchev–Trinajstić information content (AvgIpc) is 2.01. The molecule has 66 valence electrons. The van der Waals surface area contributed by atoms with Crippen molar-refractivity contribution in [3.8, 4) is 0 Å². The van der Waals surface area contributed by atoms with Crippen LogP contribution in [-0.2, 0) is 13.6 Å². The van der Waals surface area contributed by atoms with Gasteiger partial charge in [0.1, 0.15) is 0 Å². The Morgan fingerprint density at radius 1 is 1.09 bits per heavy atom. The Morgan fingerprint density at radius 3 is 1.82 bits per heavy atom. The van der Waals surface area contributed by atoms with Crippen molar-refractivity contribution >= 4 is 0 Å². The molecule has 1 heteroatoms. The molecule has 0 saturated heterocycles. The summed E-state index contributed by atoms with van der Waals surface area (Å²) in [5.74, 6) is 0. The molecule has 0 bridgehead atoms. The van der Waals surface area contributed by atoms with Crippen LogP contribution < -0.4 is 0 Å². The molecule has 0 aromatic carbocycles. The summed E-state index contributed by atoms with van der Waals surface area (Å²) in [6, 6.07) is 0. The van der Waals surface area contributed by atoms with Gasteiger partial charge in [-0.1, -0.05) is 0 Å². The molecule has 0 spiro atoms. The molecule has 1 rings (SSSR count). The second kappa shape index (κ2) is 1.74. The van der Waals surface area contributed by atoms with Crippen molar-refractivity contribution in [3.05, 3.63) is 22.2 Å². The van der Waals surface area contributed by atoms with Crippen LogP contribution in [0.2, 0.25) is 26.6 Å². The van der Waals surface area contributed by atoms with Gasteiger partial charge in [0.05, 0.1) is 0 Å². The number of allylic oxidation sites excluding steroid dienone is 4. The number of hydrogen-bond acceptors (Lipinski definition) is 0. The first-order chi connectivity index (χ1) is 4.59. The molecule has 0 aliphatic heterocycles. The van der Waals surface area contributed by atoms with Crippen LogP contribution in [0.3, 0.4) is 0 Å². The summed E-state index contributed by atoms with van der Waals surface area (Å²) in [5, 5.41) is 12.4. The molecular weight excluding hydrogens is 216 g/mol. The van der Waals surface area contributed by atoms with E-state index in [1.807, 2.05) is 0 Å².